The van der Waals surface area contributed by atoms with Crippen molar-refractivity contribution in [2.75, 3.05) is 47.0 Å². The number of morpholine rings is 1. The molecule has 7 nitrogen and oxygen atoms in total. The van der Waals surface area contributed by atoms with E-state index in [9.17, 15) is 13.2 Å². The first kappa shape index (κ1) is 18.0. The van der Waals surface area contributed by atoms with Gasteiger partial charge in [-0.3, -0.25) is 4.79 Å². The molecule has 1 heterocycles. The highest BCUT2D eigenvalue weighted by molar-refractivity contribution is 7.89. The molecule has 0 unspecified atom stereocenters. The topological polar surface area (TPSA) is 76.2 Å². The fourth-order valence-corrected chi connectivity index (χ4v) is 3.24. The predicted molar refractivity (Wildman–Crippen MR) is 85.2 cm³/mol. The van der Waals surface area contributed by atoms with Crippen molar-refractivity contribution in [3.63, 3.8) is 0 Å². The highest BCUT2D eigenvalue weighted by Crippen LogP contribution is 2.28. The summed E-state index contributed by atoms with van der Waals surface area (Å²) in [6, 6.07) is 4.16. The van der Waals surface area contributed by atoms with E-state index >= 15 is 0 Å². The number of sulfonamides is 1. The molecule has 23 heavy (non-hydrogen) atoms. The molecule has 0 aliphatic carbocycles. The minimum absolute atomic E-state index is 0.0688. The molecule has 2 rings (SSSR count). The molecule has 0 aromatic heterocycles. The van der Waals surface area contributed by atoms with E-state index < -0.39 is 10.0 Å². The van der Waals surface area contributed by atoms with Crippen LogP contribution in [-0.2, 0) is 19.6 Å². The quantitative estimate of drug-likeness (QED) is 0.775. The molecule has 0 radical (unpaired) electrons. The summed E-state index contributed by atoms with van der Waals surface area (Å²) in [5, 5.41) is 0.141. The van der Waals surface area contributed by atoms with Gasteiger partial charge in [-0.2, -0.15) is 0 Å². The van der Waals surface area contributed by atoms with Gasteiger partial charge in [-0.15, -0.1) is 0 Å². The molecule has 0 bridgehead atoms. The molecular formula is C14H19ClN2O5S. The van der Waals surface area contributed by atoms with Crippen LogP contribution in [0.5, 0.6) is 5.75 Å². The average molecular weight is 363 g/mol. The van der Waals surface area contributed by atoms with Gasteiger partial charge in [0, 0.05) is 27.2 Å². The van der Waals surface area contributed by atoms with Crippen molar-refractivity contribution < 1.29 is 22.7 Å². The first-order chi connectivity index (χ1) is 10.8. The Hall–Kier alpha value is -1.35. The van der Waals surface area contributed by atoms with Crippen LogP contribution >= 0.6 is 11.6 Å². The average Bonchev–Trinajstić information content (AvgIpc) is 2.54. The number of hydrogen-bond donors (Lipinski definition) is 0. The zero-order chi connectivity index (χ0) is 17.0. The summed E-state index contributed by atoms with van der Waals surface area (Å²) < 4.78 is 35.7. The highest BCUT2D eigenvalue weighted by atomic mass is 35.5. The van der Waals surface area contributed by atoms with Crippen molar-refractivity contribution in [3.05, 3.63) is 23.2 Å². The van der Waals surface area contributed by atoms with Gasteiger partial charge in [0.15, 0.2) is 6.61 Å². The minimum Gasteiger partial charge on any atom is -0.482 e. The van der Waals surface area contributed by atoms with E-state index in [1.165, 1.54) is 32.3 Å². The maximum absolute atomic E-state index is 12.0. The Bertz CT molecular complexity index is 672. The van der Waals surface area contributed by atoms with Gasteiger partial charge in [0.25, 0.3) is 5.91 Å². The molecule has 1 aromatic carbocycles. The van der Waals surface area contributed by atoms with E-state index in [1.807, 2.05) is 0 Å². The lowest BCUT2D eigenvalue weighted by Gasteiger charge is -2.26. The Morgan fingerprint density at radius 1 is 1.35 bits per heavy atom. The van der Waals surface area contributed by atoms with Crippen LogP contribution in [0, 0.1) is 0 Å². The molecule has 9 heteroatoms. The van der Waals surface area contributed by atoms with E-state index in [1.54, 1.807) is 4.90 Å². The maximum atomic E-state index is 12.0. The lowest BCUT2D eigenvalue weighted by atomic mass is 10.3. The largest absolute Gasteiger partial charge is 0.482 e. The van der Waals surface area contributed by atoms with Crippen LogP contribution in [-0.4, -0.2) is 70.5 Å². The lowest BCUT2D eigenvalue weighted by molar-refractivity contribution is -0.137. The number of rotatable bonds is 5. The summed E-state index contributed by atoms with van der Waals surface area (Å²) >= 11 is 6.06. The Morgan fingerprint density at radius 3 is 2.57 bits per heavy atom. The molecule has 0 N–H and O–H groups in total. The standard InChI is InChI=1S/C14H19ClN2O5S/c1-16(2)23(19,20)11-3-4-13(12(15)9-11)22-10-14(18)17-5-7-21-8-6-17/h3-4,9H,5-8,10H2,1-2H3. The van der Waals surface area contributed by atoms with Gasteiger partial charge < -0.3 is 14.4 Å². The van der Waals surface area contributed by atoms with Crippen molar-refractivity contribution >= 4 is 27.5 Å². The number of nitrogens with zero attached hydrogens (tertiary/aromatic N) is 2. The van der Waals surface area contributed by atoms with Crippen LogP contribution in [0.1, 0.15) is 0 Å². The Labute approximate surface area is 140 Å². The summed E-state index contributed by atoms with van der Waals surface area (Å²) in [4.78, 5) is 13.7. The second-order valence-corrected chi connectivity index (χ2v) is 7.72. The van der Waals surface area contributed by atoms with Crippen molar-refractivity contribution in [1.82, 2.24) is 9.21 Å². The third-order valence-electron chi connectivity index (χ3n) is 3.40. The van der Waals surface area contributed by atoms with Gasteiger partial charge in [-0.1, -0.05) is 11.6 Å². The van der Waals surface area contributed by atoms with Crippen LogP contribution in [0.4, 0.5) is 0 Å². The van der Waals surface area contributed by atoms with E-state index in [4.69, 9.17) is 21.1 Å². The molecular weight excluding hydrogens is 344 g/mol. The first-order valence-electron chi connectivity index (χ1n) is 7.03. The summed E-state index contributed by atoms with van der Waals surface area (Å²) in [6.07, 6.45) is 0. The number of ether oxygens (including phenoxy) is 2. The molecule has 1 fully saturated rings. The van der Waals surface area contributed by atoms with Gasteiger partial charge in [-0.25, -0.2) is 12.7 Å². The van der Waals surface area contributed by atoms with E-state index in [-0.39, 0.29) is 28.2 Å². The molecule has 1 aromatic rings. The number of hydrogen-bond acceptors (Lipinski definition) is 5. The third kappa shape index (κ3) is 4.35. The smallest absolute Gasteiger partial charge is 0.260 e. The summed E-state index contributed by atoms with van der Waals surface area (Å²) in [5.74, 6) is 0.111. The second kappa shape index (κ2) is 7.48. The third-order valence-corrected chi connectivity index (χ3v) is 5.50. The SMILES string of the molecule is CN(C)S(=O)(=O)c1ccc(OCC(=O)N2CCOCC2)c(Cl)c1. The fourth-order valence-electron chi connectivity index (χ4n) is 2.01. The zero-order valence-corrected chi connectivity index (χ0v) is 14.6. The minimum atomic E-state index is -3.56. The number of benzene rings is 1. The molecule has 1 aliphatic rings. The first-order valence-corrected chi connectivity index (χ1v) is 8.84. The van der Waals surface area contributed by atoms with E-state index in [0.29, 0.717) is 26.3 Å². The normalized spacial score (nSPS) is 15.7. The molecule has 128 valence electrons. The Morgan fingerprint density at radius 2 is 2.00 bits per heavy atom. The van der Waals surface area contributed by atoms with E-state index in [2.05, 4.69) is 0 Å². The number of carbonyl (C=O) groups is 1. The van der Waals surface area contributed by atoms with Crippen LogP contribution in [0.2, 0.25) is 5.02 Å². The van der Waals surface area contributed by atoms with Gasteiger partial charge in [-0.05, 0) is 18.2 Å². The second-order valence-electron chi connectivity index (χ2n) is 5.16. The van der Waals surface area contributed by atoms with Crippen molar-refractivity contribution in [3.8, 4) is 5.75 Å². The molecule has 1 amide bonds. The summed E-state index contributed by atoms with van der Waals surface area (Å²) in [6.45, 7) is 1.96. The van der Waals surface area contributed by atoms with Crippen molar-refractivity contribution in [2.45, 2.75) is 4.90 Å². The maximum Gasteiger partial charge on any atom is 0.260 e. The predicted octanol–water partition coefficient (Wildman–Crippen LogP) is 0.828. The monoisotopic (exact) mass is 362 g/mol. The fraction of sp³-hybridized carbons (Fsp3) is 0.500. The highest BCUT2D eigenvalue weighted by Gasteiger charge is 2.20. The van der Waals surface area contributed by atoms with Gasteiger partial charge in [0.1, 0.15) is 5.75 Å². The summed E-state index contributed by atoms with van der Waals surface area (Å²) in [7, 11) is -0.682. The molecule has 1 saturated heterocycles. The number of halogens is 1. The van der Waals surface area contributed by atoms with Crippen molar-refractivity contribution in [2.24, 2.45) is 0 Å². The molecule has 0 spiro atoms. The van der Waals surface area contributed by atoms with Gasteiger partial charge in [0.2, 0.25) is 10.0 Å². The number of carbonyl (C=O) groups excluding carboxylic acids is 1. The van der Waals surface area contributed by atoms with Crippen LogP contribution in [0.3, 0.4) is 0 Å². The van der Waals surface area contributed by atoms with Gasteiger partial charge >= 0.3 is 0 Å². The Balaban J connectivity index is 2.03. The van der Waals surface area contributed by atoms with Crippen molar-refractivity contribution in [1.29, 1.82) is 0 Å². The van der Waals surface area contributed by atoms with Crippen LogP contribution in [0.15, 0.2) is 23.1 Å². The molecule has 0 atom stereocenters. The van der Waals surface area contributed by atoms with Crippen LogP contribution in [0.25, 0.3) is 0 Å². The molecule has 0 saturated carbocycles. The lowest BCUT2D eigenvalue weighted by Crippen LogP contribution is -2.43. The summed E-state index contributed by atoms with van der Waals surface area (Å²) in [5.41, 5.74) is 0. The zero-order valence-electron chi connectivity index (χ0n) is 13.0. The van der Waals surface area contributed by atoms with E-state index in [0.717, 1.165) is 4.31 Å². The van der Waals surface area contributed by atoms with Gasteiger partial charge in [0.05, 0.1) is 23.1 Å². The molecule has 1 aliphatic heterocycles. The number of amides is 1. The van der Waals surface area contributed by atoms with Crippen LogP contribution < -0.4 is 4.74 Å². The Kier molecular flexibility index (Phi) is 5.85.